The summed E-state index contributed by atoms with van der Waals surface area (Å²) in [5.74, 6) is 1.30. The van der Waals surface area contributed by atoms with Crippen molar-refractivity contribution in [2.45, 2.75) is 44.2 Å². The van der Waals surface area contributed by atoms with Gasteiger partial charge in [0.15, 0.2) is 0 Å². The zero-order chi connectivity index (χ0) is 18.1. The number of carbonyl (C=O) groups excluding carboxylic acids is 1. The molecule has 0 saturated carbocycles. The Kier molecular flexibility index (Phi) is 4.63. The number of aromatic nitrogens is 3. The van der Waals surface area contributed by atoms with Crippen molar-refractivity contribution in [1.29, 1.82) is 0 Å². The van der Waals surface area contributed by atoms with E-state index in [9.17, 15) is 4.79 Å². The molecule has 0 unspecified atom stereocenters. The van der Waals surface area contributed by atoms with Crippen LogP contribution in [0, 0.1) is 0 Å². The Morgan fingerprint density at radius 3 is 2.96 bits per heavy atom. The Hall–Kier alpha value is -2.41. The Morgan fingerprint density at radius 1 is 1.38 bits per heavy atom. The van der Waals surface area contributed by atoms with Gasteiger partial charge in [0.2, 0.25) is 5.91 Å². The van der Waals surface area contributed by atoms with Crippen LogP contribution < -0.4 is 5.32 Å². The number of H-pyrrole nitrogens is 1. The fourth-order valence-corrected chi connectivity index (χ4v) is 4.16. The summed E-state index contributed by atoms with van der Waals surface area (Å²) in [6, 6.07) is 0.255. The van der Waals surface area contributed by atoms with Crippen molar-refractivity contribution < 1.29 is 9.53 Å². The third-order valence-corrected chi connectivity index (χ3v) is 5.70. The van der Waals surface area contributed by atoms with E-state index in [0.717, 1.165) is 55.9 Å². The molecule has 0 bridgehead atoms. The summed E-state index contributed by atoms with van der Waals surface area (Å²) in [6.07, 6.45) is 7.96. The van der Waals surface area contributed by atoms with Gasteiger partial charge in [-0.2, -0.15) is 0 Å². The first-order valence-electron chi connectivity index (χ1n) is 9.28. The van der Waals surface area contributed by atoms with Crippen molar-refractivity contribution in [3.63, 3.8) is 0 Å². The topological polar surface area (TPSA) is 83.1 Å². The monoisotopic (exact) mass is 355 g/mol. The lowest BCUT2D eigenvalue weighted by molar-refractivity contribution is -0.126. The van der Waals surface area contributed by atoms with Crippen LogP contribution >= 0.6 is 0 Å². The van der Waals surface area contributed by atoms with Gasteiger partial charge >= 0.3 is 0 Å². The van der Waals surface area contributed by atoms with E-state index in [2.05, 4.69) is 40.0 Å². The molecule has 2 N–H and O–H groups in total. The van der Waals surface area contributed by atoms with E-state index in [4.69, 9.17) is 4.74 Å². The minimum Gasteiger partial charge on any atom is -0.381 e. The van der Waals surface area contributed by atoms with E-state index < -0.39 is 0 Å². The minimum absolute atomic E-state index is 0.0147. The molecule has 2 atom stereocenters. The van der Waals surface area contributed by atoms with Crippen LogP contribution in [0.15, 0.2) is 25.2 Å². The quantitative estimate of drug-likeness (QED) is 0.823. The van der Waals surface area contributed by atoms with Crippen LogP contribution in [0.25, 0.3) is 11.0 Å². The molecule has 0 radical (unpaired) electrons. The molecule has 2 aliphatic rings. The average molecular weight is 355 g/mol. The summed E-state index contributed by atoms with van der Waals surface area (Å²) < 4.78 is 5.50. The molecule has 2 aromatic heterocycles. The molecular weight excluding hydrogens is 330 g/mol. The first-order chi connectivity index (χ1) is 12.7. The number of hydrogen-bond donors (Lipinski definition) is 2. The standard InChI is InChI=1S/C19H25N5O2/c1-3-16(25)24-7-4-15(12(24)2)23-19-17-14(13-5-8-26-9-6-13)10-20-18(17)21-11-22-19/h3,10-13,15H,1,4-9H2,2H3,(H2,20,21,22,23)/t12-,15-/m1/s1. The predicted molar refractivity (Wildman–Crippen MR) is 100 cm³/mol. The van der Waals surface area contributed by atoms with Crippen molar-refractivity contribution in [1.82, 2.24) is 19.9 Å². The first kappa shape index (κ1) is 17.0. The van der Waals surface area contributed by atoms with Crippen molar-refractivity contribution in [2.75, 3.05) is 25.1 Å². The van der Waals surface area contributed by atoms with Gasteiger partial charge in [0, 0.05) is 38.0 Å². The molecule has 2 fully saturated rings. The molecule has 4 heterocycles. The molecular formula is C19H25N5O2. The van der Waals surface area contributed by atoms with Crippen molar-refractivity contribution in [3.8, 4) is 0 Å². The van der Waals surface area contributed by atoms with Gasteiger partial charge in [0.05, 0.1) is 5.39 Å². The zero-order valence-corrected chi connectivity index (χ0v) is 15.1. The molecule has 1 amide bonds. The maximum atomic E-state index is 12.0. The summed E-state index contributed by atoms with van der Waals surface area (Å²) in [4.78, 5) is 26.1. The largest absolute Gasteiger partial charge is 0.381 e. The van der Waals surface area contributed by atoms with Crippen molar-refractivity contribution in [3.05, 3.63) is 30.7 Å². The van der Waals surface area contributed by atoms with Gasteiger partial charge in [-0.3, -0.25) is 4.79 Å². The maximum Gasteiger partial charge on any atom is 0.246 e. The predicted octanol–water partition coefficient (Wildman–Crippen LogP) is 2.44. The van der Waals surface area contributed by atoms with Crippen LogP contribution in [0.2, 0.25) is 0 Å². The first-order valence-corrected chi connectivity index (χ1v) is 9.28. The molecule has 2 saturated heterocycles. The minimum atomic E-state index is -0.0147. The summed E-state index contributed by atoms with van der Waals surface area (Å²) >= 11 is 0. The highest BCUT2D eigenvalue weighted by Crippen LogP contribution is 2.35. The molecule has 7 heteroatoms. The smallest absolute Gasteiger partial charge is 0.246 e. The summed E-state index contributed by atoms with van der Waals surface area (Å²) in [5, 5.41) is 4.65. The summed E-state index contributed by atoms with van der Waals surface area (Å²) in [5.41, 5.74) is 2.12. The number of anilines is 1. The number of nitrogens with zero attached hydrogens (tertiary/aromatic N) is 3. The zero-order valence-electron chi connectivity index (χ0n) is 15.1. The van der Waals surface area contributed by atoms with E-state index in [1.165, 1.54) is 11.6 Å². The summed E-state index contributed by atoms with van der Waals surface area (Å²) in [6.45, 7) is 8.00. The van der Waals surface area contributed by atoms with Crippen molar-refractivity contribution >= 4 is 22.8 Å². The van der Waals surface area contributed by atoms with Gasteiger partial charge in [-0.1, -0.05) is 6.58 Å². The number of ether oxygens (including phenoxy) is 1. The Balaban J connectivity index is 1.61. The number of amides is 1. The number of nitrogens with one attached hydrogen (secondary N) is 2. The van der Waals surface area contributed by atoms with Gasteiger partial charge in [-0.05, 0) is 43.7 Å². The highest BCUT2D eigenvalue weighted by atomic mass is 16.5. The SMILES string of the molecule is C=CC(=O)N1CC[C@@H](Nc2ncnc3[nH]cc(C4CCOCC4)c23)[C@H]1C. The van der Waals surface area contributed by atoms with Gasteiger partial charge in [-0.25, -0.2) is 9.97 Å². The van der Waals surface area contributed by atoms with Crippen LogP contribution in [0.3, 0.4) is 0 Å². The lowest BCUT2D eigenvalue weighted by Crippen LogP contribution is -2.39. The number of hydrogen-bond acceptors (Lipinski definition) is 5. The second kappa shape index (κ2) is 7.07. The fourth-order valence-electron chi connectivity index (χ4n) is 4.16. The van der Waals surface area contributed by atoms with E-state index in [0.29, 0.717) is 5.92 Å². The maximum absolute atomic E-state index is 12.0. The molecule has 138 valence electrons. The number of aromatic amines is 1. The van der Waals surface area contributed by atoms with Crippen LogP contribution in [0.1, 0.15) is 37.7 Å². The molecule has 0 aliphatic carbocycles. The highest BCUT2D eigenvalue weighted by molar-refractivity contribution is 5.91. The molecule has 26 heavy (non-hydrogen) atoms. The molecule has 4 rings (SSSR count). The third kappa shape index (κ3) is 2.96. The Labute approximate surface area is 152 Å². The van der Waals surface area contributed by atoms with Crippen LogP contribution in [0.4, 0.5) is 5.82 Å². The highest BCUT2D eigenvalue weighted by Gasteiger charge is 2.33. The normalized spacial score (nSPS) is 24.1. The lowest BCUT2D eigenvalue weighted by atomic mass is 9.92. The molecule has 7 nitrogen and oxygen atoms in total. The Morgan fingerprint density at radius 2 is 2.19 bits per heavy atom. The molecule has 2 aromatic rings. The number of likely N-dealkylation sites (tertiary alicyclic amines) is 1. The van der Waals surface area contributed by atoms with Crippen LogP contribution in [-0.2, 0) is 9.53 Å². The van der Waals surface area contributed by atoms with Gasteiger partial charge in [0.1, 0.15) is 17.8 Å². The van der Waals surface area contributed by atoms with E-state index in [1.807, 2.05) is 4.90 Å². The fraction of sp³-hybridized carbons (Fsp3) is 0.526. The third-order valence-electron chi connectivity index (χ3n) is 5.70. The number of rotatable bonds is 4. The molecule has 0 spiro atoms. The number of carbonyl (C=O) groups is 1. The van der Waals surface area contributed by atoms with E-state index in [1.54, 1.807) is 6.33 Å². The molecule has 0 aromatic carbocycles. The van der Waals surface area contributed by atoms with E-state index >= 15 is 0 Å². The van der Waals surface area contributed by atoms with Crippen LogP contribution in [-0.4, -0.2) is 57.6 Å². The van der Waals surface area contributed by atoms with Crippen LogP contribution in [0.5, 0.6) is 0 Å². The lowest BCUT2D eigenvalue weighted by Gasteiger charge is -2.25. The van der Waals surface area contributed by atoms with Gasteiger partial charge < -0.3 is 19.9 Å². The molecule has 2 aliphatic heterocycles. The van der Waals surface area contributed by atoms with Gasteiger partial charge in [0.25, 0.3) is 0 Å². The van der Waals surface area contributed by atoms with E-state index in [-0.39, 0.29) is 18.0 Å². The second-order valence-electron chi connectivity index (χ2n) is 7.09. The second-order valence-corrected chi connectivity index (χ2v) is 7.09. The van der Waals surface area contributed by atoms with Gasteiger partial charge in [-0.15, -0.1) is 0 Å². The van der Waals surface area contributed by atoms with Crippen molar-refractivity contribution in [2.24, 2.45) is 0 Å². The number of fused-ring (bicyclic) bond motifs is 1. The summed E-state index contributed by atoms with van der Waals surface area (Å²) in [7, 11) is 0. The Bertz CT molecular complexity index is 811. The average Bonchev–Trinajstić information content (AvgIpc) is 3.27.